The van der Waals surface area contributed by atoms with E-state index in [-0.39, 0.29) is 0 Å². The first-order valence-corrected chi connectivity index (χ1v) is 7.25. The summed E-state index contributed by atoms with van der Waals surface area (Å²) in [6, 6.07) is 7.77. The van der Waals surface area contributed by atoms with E-state index in [2.05, 4.69) is 31.2 Å². The minimum atomic E-state index is 0.370. The molecule has 1 aliphatic rings. The van der Waals surface area contributed by atoms with E-state index >= 15 is 0 Å². The van der Waals surface area contributed by atoms with Gasteiger partial charge in [0.05, 0.1) is 0 Å². The number of aromatic hydroxyl groups is 1. The summed E-state index contributed by atoms with van der Waals surface area (Å²) in [5, 5.41) is 9.31. The number of phenols is 1. The van der Waals surface area contributed by atoms with E-state index in [4.69, 9.17) is 0 Å². The Labute approximate surface area is 111 Å². The van der Waals surface area contributed by atoms with Gasteiger partial charge >= 0.3 is 0 Å². The zero-order valence-electron chi connectivity index (χ0n) is 11.3. The van der Waals surface area contributed by atoms with Crippen molar-refractivity contribution in [2.75, 3.05) is 0 Å². The molecule has 0 atom stereocenters. The van der Waals surface area contributed by atoms with E-state index in [1.807, 2.05) is 12.1 Å². The summed E-state index contributed by atoms with van der Waals surface area (Å²) in [4.78, 5) is 0. The molecule has 0 amide bonds. The van der Waals surface area contributed by atoms with Crippen LogP contribution in [-0.4, -0.2) is 5.11 Å². The van der Waals surface area contributed by atoms with Gasteiger partial charge in [-0.15, -0.1) is 0 Å². The van der Waals surface area contributed by atoms with Crippen LogP contribution in [0.3, 0.4) is 0 Å². The molecule has 0 radical (unpaired) electrons. The molecule has 0 aromatic heterocycles. The second-order valence-electron chi connectivity index (χ2n) is 5.42. The first-order chi connectivity index (χ1) is 8.79. The minimum absolute atomic E-state index is 0.370. The maximum Gasteiger partial charge on any atom is 0.115 e. The van der Waals surface area contributed by atoms with Crippen molar-refractivity contribution in [1.29, 1.82) is 0 Å². The maximum absolute atomic E-state index is 9.31. The van der Waals surface area contributed by atoms with Gasteiger partial charge in [-0.3, -0.25) is 0 Å². The van der Waals surface area contributed by atoms with E-state index in [0.29, 0.717) is 11.7 Å². The molecule has 1 nitrogen and oxygen atoms in total. The predicted molar refractivity (Wildman–Crippen MR) is 76.9 cm³/mol. The minimum Gasteiger partial charge on any atom is -0.508 e. The van der Waals surface area contributed by atoms with E-state index < -0.39 is 0 Å². The Kier molecular flexibility index (Phi) is 4.86. The van der Waals surface area contributed by atoms with Crippen molar-refractivity contribution in [3.63, 3.8) is 0 Å². The number of phenolic OH excluding ortho intramolecular Hbond substituents is 1. The second kappa shape index (κ2) is 6.63. The summed E-state index contributed by atoms with van der Waals surface area (Å²) in [7, 11) is 0. The monoisotopic (exact) mass is 244 g/mol. The lowest BCUT2D eigenvalue weighted by atomic mass is 9.78. The third-order valence-electron chi connectivity index (χ3n) is 4.00. The van der Waals surface area contributed by atoms with Gasteiger partial charge in [-0.2, -0.15) is 0 Å². The van der Waals surface area contributed by atoms with E-state index in [1.54, 1.807) is 0 Å². The highest BCUT2D eigenvalue weighted by Crippen LogP contribution is 2.36. The summed E-state index contributed by atoms with van der Waals surface area (Å²) in [5.41, 5.74) is 1.39. The van der Waals surface area contributed by atoms with Crippen LogP contribution in [0.5, 0.6) is 5.75 Å². The van der Waals surface area contributed by atoms with Gasteiger partial charge in [-0.25, -0.2) is 0 Å². The molecule has 18 heavy (non-hydrogen) atoms. The Balaban J connectivity index is 1.84. The highest BCUT2D eigenvalue weighted by atomic mass is 16.3. The average Bonchev–Trinajstić information content (AvgIpc) is 2.41. The highest BCUT2D eigenvalue weighted by Gasteiger charge is 2.20. The van der Waals surface area contributed by atoms with Crippen molar-refractivity contribution in [1.82, 2.24) is 0 Å². The van der Waals surface area contributed by atoms with Crippen LogP contribution >= 0.6 is 0 Å². The molecule has 2 rings (SSSR count). The Morgan fingerprint density at radius 2 is 1.78 bits per heavy atom. The van der Waals surface area contributed by atoms with Crippen LogP contribution in [0, 0.1) is 5.92 Å². The Bertz CT molecular complexity index is 369. The van der Waals surface area contributed by atoms with Gasteiger partial charge < -0.3 is 5.11 Å². The average molecular weight is 244 g/mol. The molecule has 1 saturated carbocycles. The number of hydrogen-bond donors (Lipinski definition) is 1. The highest BCUT2D eigenvalue weighted by molar-refractivity contribution is 5.28. The quantitative estimate of drug-likeness (QED) is 0.737. The van der Waals surface area contributed by atoms with Gasteiger partial charge in [0, 0.05) is 0 Å². The zero-order chi connectivity index (χ0) is 12.8. The van der Waals surface area contributed by atoms with Crippen molar-refractivity contribution in [2.45, 2.75) is 51.4 Å². The Hall–Kier alpha value is -1.24. The molecule has 0 bridgehead atoms. The normalized spacial score (nSPS) is 24.5. The standard InChI is InChI=1S/C17H24O/c1-2-3-4-5-14-6-8-15(9-7-14)16-10-12-17(18)13-11-16/h4-5,10-15,18H,2-3,6-9H2,1H3/t14-,15-. The van der Waals surface area contributed by atoms with Crippen LogP contribution in [0.25, 0.3) is 0 Å². The molecule has 1 fully saturated rings. The second-order valence-corrected chi connectivity index (χ2v) is 5.42. The number of benzene rings is 1. The summed E-state index contributed by atoms with van der Waals surface area (Å²) in [5.74, 6) is 1.86. The van der Waals surface area contributed by atoms with Gasteiger partial charge in [0.2, 0.25) is 0 Å². The van der Waals surface area contributed by atoms with E-state index in [9.17, 15) is 5.11 Å². The van der Waals surface area contributed by atoms with Crippen molar-refractivity contribution in [3.8, 4) is 5.75 Å². The van der Waals surface area contributed by atoms with Gasteiger partial charge in [-0.05, 0) is 61.6 Å². The maximum atomic E-state index is 9.31. The topological polar surface area (TPSA) is 20.2 Å². The molecule has 0 unspecified atom stereocenters. The molecule has 1 N–H and O–H groups in total. The zero-order valence-corrected chi connectivity index (χ0v) is 11.3. The smallest absolute Gasteiger partial charge is 0.115 e. The number of rotatable bonds is 4. The van der Waals surface area contributed by atoms with Crippen LogP contribution in [-0.2, 0) is 0 Å². The summed E-state index contributed by atoms with van der Waals surface area (Å²) >= 11 is 0. The molecule has 0 spiro atoms. The van der Waals surface area contributed by atoms with Crippen LogP contribution in [0.4, 0.5) is 0 Å². The van der Waals surface area contributed by atoms with Gasteiger partial charge in [0.15, 0.2) is 0 Å². The third kappa shape index (κ3) is 3.63. The molecule has 0 heterocycles. The summed E-state index contributed by atoms with van der Waals surface area (Å²) in [6.45, 7) is 2.23. The fourth-order valence-corrected chi connectivity index (χ4v) is 2.85. The molecule has 1 heteroatoms. The van der Waals surface area contributed by atoms with Crippen LogP contribution in [0.2, 0.25) is 0 Å². The molecule has 0 saturated heterocycles. The van der Waals surface area contributed by atoms with Crippen molar-refractivity contribution in [2.24, 2.45) is 5.92 Å². The first-order valence-electron chi connectivity index (χ1n) is 7.25. The largest absolute Gasteiger partial charge is 0.508 e. The van der Waals surface area contributed by atoms with Crippen LogP contribution in [0.15, 0.2) is 36.4 Å². The van der Waals surface area contributed by atoms with Gasteiger partial charge in [0.1, 0.15) is 5.75 Å². The van der Waals surface area contributed by atoms with Crippen LogP contribution < -0.4 is 0 Å². The number of allylic oxidation sites excluding steroid dienone is 2. The van der Waals surface area contributed by atoms with Crippen molar-refractivity contribution in [3.05, 3.63) is 42.0 Å². The Morgan fingerprint density at radius 1 is 1.11 bits per heavy atom. The molecule has 1 aromatic rings. The first kappa shape index (κ1) is 13.2. The van der Waals surface area contributed by atoms with Gasteiger partial charge in [0.25, 0.3) is 0 Å². The van der Waals surface area contributed by atoms with Crippen molar-refractivity contribution >= 4 is 0 Å². The van der Waals surface area contributed by atoms with E-state index in [0.717, 1.165) is 5.92 Å². The summed E-state index contributed by atoms with van der Waals surface area (Å²) in [6.07, 6.45) is 12.4. The lowest BCUT2D eigenvalue weighted by Crippen LogP contribution is -2.11. The van der Waals surface area contributed by atoms with E-state index in [1.165, 1.54) is 44.1 Å². The third-order valence-corrected chi connectivity index (χ3v) is 4.00. The molecule has 0 aliphatic heterocycles. The summed E-state index contributed by atoms with van der Waals surface area (Å²) < 4.78 is 0. The lowest BCUT2D eigenvalue weighted by molar-refractivity contribution is 0.375. The van der Waals surface area contributed by atoms with Crippen molar-refractivity contribution < 1.29 is 5.11 Å². The molecule has 1 aliphatic carbocycles. The molecule has 1 aromatic carbocycles. The SMILES string of the molecule is CCCC=C[C@H]1CC[C@H](c2ccc(O)cc2)CC1. The molecule has 98 valence electrons. The van der Waals surface area contributed by atoms with Gasteiger partial charge in [-0.1, -0.05) is 37.6 Å². The molecular weight excluding hydrogens is 220 g/mol. The fourth-order valence-electron chi connectivity index (χ4n) is 2.85. The van der Waals surface area contributed by atoms with Crippen LogP contribution in [0.1, 0.15) is 56.9 Å². The Morgan fingerprint density at radius 3 is 2.39 bits per heavy atom. The number of unbranched alkanes of at least 4 members (excludes halogenated alkanes) is 1. The lowest BCUT2D eigenvalue weighted by Gasteiger charge is -2.27. The molecular formula is C17H24O. The predicted octanol–water partition coefficient (Wildman–Crippen LogP) is 5.02. The fraction of sp³-hybridized carbons (Fsp3) is 0.529. The number of hydrogen-bond acceptors (Lipinski definition) is 1.